The Morgan fingerprint density at radius 3 is 2.83 bits per heavy atom. The number of rotatable bonds is 6. The molecule has 8 nitrogen and oxygen atoms in total. The maximum atomic E-state index is 12.1. The number of hydrogen-bond donors (Lipinski definition) is 2. The standard InChI is InChI=1S/C16H16N4O4/c1-2-11-5-3-6-12(9-17)14(11)19-16(23)24-13(15(21)22)10-20-8-4-7-18-20/h3-8,13H,2,10H2,1H3,(H,19,23)(H,21,22). The smallest absolute Gasteiger partial charge is 0.412 e. The summed E-state index contributed by atoms with van der Waals surface area (Å²) in [5.74, 6) is -1.29. The maximum Gasteiger partial charge on any atom is 0.412 e. The number of hydrogen-bond acceptors (Lipinski definition) is 5. The average molecular weight is 328 g/mol. The summed E-state index contributed by atoms with van der Waals surface area (Å²) in [7, 11) is 0. The third kappa shape index (κ3) is 4.10. The number of carbonyl (C=O) groups is 2. The minimum Gasteiger partial charge on any atom is -0.478 e. The Bertz CT molecular complexity index is 765. The second kappa shape index (κ2) is 7.78. The third-order valence-electron chi connectivity index (χ3n) is 3.32. The van der Waals surface area contributed by atoms with Gasteiger partial charge in [-0.15, -0.1) is 0 Å². The van der Waals surface area contributed by atoms with Gasteiger partial charge in [0.05, 0.1) is 17.8 Å². The summed E-state index contributed by atoms with van der Waals surface area (Å²) in [6.07, 6.45) is 1.32. The van der Waals surface area contributed by atoms with Crippen LogP contribution in [0.4, 0.5) is 10.5 Å². The highest BCUT2D eigenvalue weighted by Gasteiger charge is 2.24. The van der Waals surface area contributed by atoms with Crippen LogP contribution in [-0.2, 0) is 22.5 Å². The highest BCUT2D eigenvalue weighted by atomic mass is 16.6. The molecule has 1 atom stereocenters. The van der Waals surface area contributed by atoms with Gasteiger partial charge in [0.1, 0.15) is 6.07 Å². The van der Waals surface area contributed by atoms with E-state index in [2.05, 4.69) is 10.4 Å². The molecular formula is C16H16N4O4. The zero-order valence-electron chi connectivity index (χ0n) is 13.0. The van der Waals surface area contributed by atoms with Gasteiger partial charge in [0, 0.05) is 12.4 Å². The number of benzene rings is 1. The first kappa shape index (κ1) is 17.0. The van der Waals surface area contributed by atoms with Gasteiger partial charge in [-0.3, -0.25) is 10.00 Å². The minimum absolute atomic E-state index is 0.115. The molecule has 1 unspecified atom stereocenters. The monoisotopic (exact) mass is 328 g/mol. The lowest BCUT2D eigenvalue weighted by molar-refractivity contribution is -0.147. The predicted molar refractivity (Wildman–Crippen MR) is 84.3 cm³/mol. The lowest BCUT2D eigenvalue weighted by atomic mass is 10.1. The molecule has 0 fully saturated rings. The molecule has 2 rings (SSSR count). The molecule has 0 aliphatic carbocycles. The Morgan fingerprint density at radius 1 is 1.46 bits per heavy atom. The Morgan fingerprint density at radius 2 is 2.25 bits per heavy atom. The molecule has 1 aromatic carbocycles. The second-order valence-corrected chi connectivity index (χ2v) is 4.89. The maximum absolute atomic E-state index is 12.1. The molecule has 1 aromatic heterocycles. The van der Waals surface area contributed by atoms with E-state index in [0.717, 1.165) is 5.56 Å². The summed E-state index contributed by atoms with van der Waals surface area (Å²) in [5, 5.41) is 24.7. The SMILES string of the molecule is CCc1cccc(C#N)c1NC(=O)OC(Cn1cccn1)C(=O)O. The van der Waals surface area contributed by atoms with Gasteiger partial charge in [-0.25, -0.2) is 9.59 Å². The van der Waals surface area contributed by atoms with Gasteiger partial charge in [-0.1, -0.05) is 19.1 Å². The van der Waals surface area contributed by atoms with E-state index < -0.39 is 18.2 Å². The van der Waals surface area contributed by atoms with E-state index in [-0.39, 0.29) is 12.1 Å². The van der Waals surface area contributed by atoms with Crippen molar-refractivity contribution in [2.24, 2.45) is 0 Å². The summed E-state index contributed by atoms with van der Waals surface area (Å²) >= 11 is 0. The normalized spacial score (nSPS) is 11.3. The summed E-state index contributed by atoms with van der Waals surface area (Å²) in [6.45, 7) is 1.76. The van der Waals surface area contributed by atoms with Crippen LogP contribution >= 0.6 is 0 Å². The molecule has 2 aromatic rings. The number of anilines is 1. The molecule has 0 aliphatic rings. The van der Waals surface area contributed by atoms with Crippen molar-refractivity contribution in [2.75, 3.05) is 5.32 Å². The summed E-state index contributed by atoms with van der Waals surface area (Å²) in [6, 6.07) is 8.67. The van der Waals surface area contributed by atoms with E-state index in [9.17, 15) is 14.7 Å². The van der Waals surface area contributed by atoms with Crippen molar-refractivity contribution in [2.45, 2.75) is 26.0 Å². The Hall–Kier alpha value is -3.34. The molecule has 0 bridgehead atoms. The number of carbonyl (C=O) groups excluding carboxylic acids is 1. The minimum atomic E-state index is -1.40. The molecule has 0 spiro atoms. The Kier molecular flexibility index (Phi) is 5.52. The molecule has 8 heteroatoms. The molecule has 2 N–H and O–H groups in total. The highest BCUT2D eigenvalue weighted by molar-refractivity contribution is 5.89. The van der Waals surface area contributed by atoms with Crippen molar-refractivity contribution < 1.29 is 19.4 Å². The molecule has 124 valence electrons. The summed E-state index contributed by atoms with van der Waals surface area (Å²) in [5.41, 5.74) is 1.37. The van der Waals surface area contributed by atoms with Crippen molar-refractivity contribution >= 4 is 17.7 Å². The summed E-state index contributed by atoms with van der Waals surface area (Å²) < 4.78 is 6.32. The topological polar surface area (TPSA) is 117 Å². The predicted octanol–water partition coefficient (Wildman–Crippen LogP) is 2.02. The van der Waals surface area contributed by atoms with E-state index in [4.69, 9.17) is 10.00 Å². The van der Waals surface area contributed by atoms with Crippen LogP contribution in [0.1, 0.15) is 18.1 Å². The molecule has 1 amide bonds. The number of aromatic nitrogens is 2. The van der Waals surface area contributed by atoms with Gasteiger partial charge in [0.25, 0.3) is 0 Å². The average Bonchev–Trinajstić information content (AvgIpc) is 3.07. The Labute approximate surface area is 138 Å². The lowest BCUT2D eigenvalue weighted by Crippen LogP contribution is -2.33. The van der Waals surface area contributed by atoms with Crippen molar-refractivity contribution in [3.8, 4) is 6.07 Å². The number of carboxylic acid groups (broad SMARTS) is 1. The highest BCUT2D eigenvalue weighted by Crippen LogP contribution is 2.21. The Balaban J connectivity index is 2.12. The van der Waals surface area contributed by atoms with Crippen molar-refractivity contribution in [1.29, 1.82) is 5.26 Å². The van der Waals surface area contributed by atoms with E-state index in [1.54, 1.807) is 30.5 Å². The molecular weight excluding hydrogens is 312 g/mol. The lowest BCUT2D eigenvalue weighted by Gasteiger charge is -2.16. The van der Waals surface area contributed by atoms with Gasteiger partial charge in [0.15, 0.2) is 0 Å². The fourth-order valence-corrected chi connectivity index (χ4v) is 2.14. The van der Waals surface area contributed by atoms with Crippen molar-refractivity contribution in [1.82, 2.24) is 9.78 Å². The van der Waals surface area contributed by atoms with E-state index in [1.165, 1.54) is 10.9 Å². The van der Waals surface area contributed by atoms with Crippen LogP contribution < -0.4 is 5.32 Å². The third-order valence-corrected chi connectivity index (χ3v) is 3.32. The zero-order valence-corrected chi connectivity index (χ0v) is 13.0. The quantitative estimate of drug-likeness (QED) is 0.837. The first-order valence-corrected chi connectivity index (χ1v) is 7.25. The largest absolute Gasteiger partial charge is 0.478 e. The van der Waals surface area contributed by atoms with E-state index in [1.807, 2.05) is 13.0 Å². The van der Waals surface area contributed by atoms with Crippen LogP contribution in [0.3, 0.4) is 0 Å². The van der Waals surface area contributed by atoms with Gasteiger partial charge in [-0.05, 0) is 24.1 Å². The number of aryl methyl sites for hydroxylation is 1. The first-order valence-electron chi connectivity index (χ1n) is 7.25. The number of nitrogens with one attached hydrogen (secondary N) is 1. The van der Waals surface area contributed by atoms with Crippen LogP contribution in [0.5, 0.6) is 0 Å². The number of amides is 1. The van der Waals surface area contributed by atoms with E-state index >= 15 is 0 Å². The molecule has 24 heavy (non-hydrogen) atoms. The number of nitrogens with zero attached hydrogens (tertiary/aromatic N) is 3. The van der Waals surface area contributed by atoms with Gasteiger partial charge in [-0.2, -0.15) is 10.4 Å². The van der Waals surface area contributed by atoms with Crippen LogP contribution in [0.15, 0.2) is 36.7 Å². The number of para-hydroxylation sites is 1. The molecule has 0 radical (unpaired) electrons. The molecule has 0 aliphatic heterocycles. The molecule has 0 saturated carbocycles. The second-order valence-electron chi connectivity index (χ2n) is 4.89. The number of carboxylic acids is 1. The first-order chi connectivity index (χ1) is 11.5. The van der Waals surface area contributed by atoms with Crippen molar-refractivity contribution in [3.63, 3.8) is 0 Å². The van der Waals surface area contributed by atoms with Gasteiger partial charge in [0.2, 0.25) is 6.10 Å². The molecule has 0 saturated heterocycles. The number of aliphatic carboxylic acids is 1. The van der Waals surface area contributed by atoms with E-state index in [0.29, 0.717) is 12.1 Å². The van der Waals surface area contributed by atoms with Crippen molar-refractivity contribution in [3.05, 3.63) is 47.8 Å². The van der Waals surface area contributed by atoms with Crippen LogP contribution in [-0.4, -0.2) is 33.1 Å². The molecule has 1 heterocycles. The zero-order chi connectivity index (χ0) is 17.5. The summed E-state index contributed by atoms with van der Waals surface area (Å²) in [4.78, 5) is 23.3. The fourth-order valence-electron chi connectivity index (χ4n) is 2.14. The van der Waals surface area contributed by atoms with Crippen LogP contribution in [0, 0.1) is 11.3 Å². The van der Waals surface area contributed by atoms with Gasteiger partial charge >= 0.3 is 12.1 Å². The number of nitriles is 1. The number of ether oxygens (including phenoxy) is 1. The van der Waals surface area contributed by atoms with Crippen LogP contribution in [0.25, 0.3) is 0 Å². The van der Waals surface area contributed by atoms with Gasteiger partial charge < -0.3 is 9.84 Å². The van der Waals surface area contributed by atoms with Crippen LogP contribution in [0.2, 0.25) is 0 Å². The fraction of sp³-hybridized carbons (Fsp3) is 0.250.